The summed E-state index contributed by atoms with van der Waals surface area (Å²) < 4.78 is 17.4. The van der Waals surface area contributed by atoms with Crippen molar-refractivity contribution in [2.75, 3.05) is 7.11 Å². The number of aryl methyl sites for hydroxylation is 1. The molecule has 1 aromatic rings. The summed E-state index contributed by atoms with van der Waals surface area (Å²) in [5.74, 6) is 0.824. The maximum absolute atomic E-state index is 6.05. The highest BCUT2D eigenvalue weighted by Crippen LogP contribution is 2.36. The number of methoxy groups -OCH3 is 1. The smallest absolute Gasteiger partial charge is 0.495 e. The Morgan fingerprint density at radius 3 is 2.11 bits per heavy atom. The minimum absolute atomic E-state index is 0.312. The van der Waals surface area contributed by atoms with Crippen LogP contribution in [0.5, 0.6) is 5.75 Å². The molecule has 0 bridgehead atoms. The van der Waals surface area contributed by atoms with Crippen LogP contribution >= 0.6 is 0 Å². The minimum atomic E-state index is -0.329. The average Bonchev–Trinajstić information content (AvgIpc) is 2.48. The summed E-state index contributed by atoms with van der Waals surface area (Å²) in [6.45, 7) is 10.3. The van der Waals surface area contributed by atoms with Gasteiger partial charge in [-0.25, -0.2) is 0 Å². The zero-order chi connectivity index (χ0) is 13.6. The number of hydrogen-bond acceptors (Lipinski definition) is 3. The second-order valence-corrected chi connectivity index (χ2v) is 5.81. The van der Waals surface area contributed by atoms with Gasteiger partial charge in [0, 0.05) is 0 Å². The van der Waals surface area contributed by atoms with E-state index in [0.29, 0.717) is 0 Å². The van der Waals surface area contributed by atoms with Crippen molar-refractivity contribution in [2.24, 2.45) is 0 Å². The van der Waals surface area contributed by atoms with E-state index in [-0.39, 0.29) is 18.3 Å². The minimum Gasteiger partial charge on any atom is -0.497 e. The molecule has 0 aromatic heterocycles. The van der Waals surface area contributed by atoms with Crippen LogP contribution in [0.3, 0.4) is 0 Å². The maximum atomic E-state index is 6.05. The third-order valence-corrected chi connectivity index (χ3v) is 3.99. The molecule has 18 heavy (non-hydrogen) atoms. The van der Waals surface area contributed by atoms with Crippen LogP contribution in [-0.2, 0) is 9.31 Å². The van der Waals surface area contributed by atoms with Crippen LogP contribution in [0, 0.1) is 6.92 Å². The molecule has 1 aliphatic rings. The first-order valence-corrected chi connectivity index (χ1v) is 6.27. The summed E-state index contributed by atoms with van der Waals surface area (Å²) >= 11 is 0. The summed E-state index contributed by atoms with van der Waals surface area (Å²) in [7, 11) is 1.34. The van der Waals surface area contributed by atoms with Gasteiger partial charge in [0.1, 0.15) is 5.75 Å². The van der Waals surface area contributed by atoms with Gasteiger partial charge in [0.05, 0.1) is 18.3 Å². The Morgan fingerprint density at radius 1 is 1.06 bits per heavy atom. The SMILES string of the molecule is COc1ccc(C)c(B2OC(C)(C)C(C)(C)O2)c1. The van der Waals surface area contributed by atoms with E-state index in [1.165, 1.54) is 0 Å². The van der Waals surface area contributed by atoms with Crippen molar-refractivity contribution in [3.63, 3.8) is 0 Å². The highest BCUT2D eigenvalue weighted by Gasteiger charge is 2.52. The third-order valence-electron chi connectivity index (χ3n) is 3.99. The molecule has 1 aliphatic heterocycles. The summed E-state index contributed by atoms with van der Waals surface area (Å²) in [5, 5.41) is 0. The number of benzene rings is 1. The van der Waals surface area contributed by atoms with Crippen LogP contribution in [0.2, 0.25) is 0 Å². The van der Waals surface area contributed by atoms with Gasteiger partial charge in [0.2, 0.25) is 0 Å². The first-order valence-electron chi connectivity index (χ1n) is 6.27. The second kappa shape index (κ2) is 4.28. The molecule has 2 rings (SSSR count). The Hall–Kier alpha value is -0.995. The predicted octanol–water partition coefficient (Wildman–Crippen LogP) is 2.30. The van der Waals surface area contributed by atoms with Gasteiger partial charge >= 0.3 is 7.12 Å². The zero-order valence-electron chi connectivity index (χ0n) is 12.0. The molecule has 0 saturated carbocycles. The van der Waals surface area contributed by atoms with Gasteiger partial charge in [-0.05, 0) is 52.2 Å². The summed E-state index contributed by atoms with van der Waals surface area (Å²) in [4.78, 5) is 0. The van der Waals surface area contributed by atoms with Crippen LogP contribution in [0.25, 0.3) is 0 Å². The van der Waals surface area contributed by atoms with E-state index in [4.69, 9.17) is 14.0 Å². The van der Waals surface area contributed by atoms with Crippen molar-refractivity contribution in [3.05, 3.63) is 23.8 Å². The topological polar surface area (TPSA) is 27.7 Å². The lowest BCUT2D eigenvalue weighted by Gasteiger charge is -2.32. The van der Waals surface area contributed by atoms with Crippen LogP contribution in [0.4, 0.5) is 0 Å². The van der Waals surface area contributed by atoms with E-state index in [9.17, 15) is 0 Å². The molecule has 0 spiro atoms. The largest absolute Gasteiger partial charge is 0.497 e. The lowest BCUT2D eigenvalue weighted by molar-refractivity contribution is 0.00578. The second-order valence-electron chi connectivity index (χ2n) is 5.81. The van der Waals surface area contributed by atoms with Crippen LogP contribution < -0.4 is 10.2 Å². The van der Waals surface area contributed by atoms with E-state index >= 15 is 0 Å². The number of ether oxygens (including phenoxy) is 1. The molecule has 0 atom stereocenters. The van der Waals surface area contributed by atoms with E-state index in [2.05, 4.69) is 34.6 Å². The van der Waals surface area contributed by atoms with Crippen LogP contribution in [0.15, 0.2) is 18.2 Å². The molecule has 1 heterocycles. The predicted molar refractivity (Wildman–Crippen MR) is 73.4 cm³/mol. The van der Waals surface area contributed by atoms with Gasteiger partial charge in [0.25, 0.3) is 0 Å². The number of rotatable bonds is 2. The van der Waals surface area contributed by atoms with E-state index in [1.807, 2.05) is 18.2 Å². The molecular weight excluding hydrogens is 227 g/mol. The van der Waals surface area contributed by atoms with Crippen LogP contribution in [0.1, 0.15) is 33.3 Å². The first kappa shape index (κ1) is 13.4. The fraction of sp³-hybridized carbons (Fsp3) is 0.571. The van der Waals surface area contributed by atoms with Crippen molar-refractivity contribution < 1.29 is 14.0 Å². The van der Waals surface area contributed by atoms with Crippen molar-refractivity contribution >= 4 is 12.6 Å². The molecule has 0 amide bonds. The van der Waals surface area contributed by atoms with Crippen LogP contribution in [-0.4, -0.2) is 25.4 Å². The lowest BCUT2D eigenvalue weighted by atomic mass is 9.76. The average molecular weight is 248 g/mol. The summed E-state index contributed by atoms with van der Waals surface area (Å²) in [5.41, 5.74) is 1.56. The summed E-state index contributed by atoms with van der Waals surface area (Å²) in [6.07, 6.45) is 0. The fourth-order valence-electron chi connectivity index (χ4n) is 1.97. The molecular formula is C14H21BO3. The van der Waals surface area contributed by atoms with E-state index in [1.54, 1.807) is 7.11 Å². The van der Waals surface area contributed by atoms with Gasteiger partial charge in [-0.3, -0.25) is 0 Å². The Labute approximate surface area is 110 Å². The molecule has 0 radical (unpaired) electrons. The van der Waals surface area contributed by atoms with Gasteiger partial charge in [0.15, 0.2) is 0 Å². The molecule has 3 nitrogen and oxygen atoms in total. The fourth-order valence-corrected chi connectivity index (χ4v) is 1.97. The van der Waals surface area contributed by atoms with E-state index in [0.717, 1.165) is 16.8 Å². The Balaban J connectivity index is 2.34. The number of hydrogen-bond donors (Lipinski definition) is 0. The highest BCUT2D eigenvalue weighted by molar-refractivity contribution is 6.62. The summed E-state index contributed by atoms with van der Waals surface area (Å²) in [6, 6.07) is 5.96. The van der Waals surface area contributed by atoms with Crippen molar-refractivity contribution in [1.82, 2.24) is 0 Å². The third kappa shape index (κ3) is 2.15. The van der Waals surface area contributed by atoms with Gasteiger partial charge < -0.3 is 14.0 Å². The molecule has 0 aliphatic carbocycles. The Kier molecular flexibility index (Phi) is 3.20. The quantitative estimate of drug-likeness (QED) is 0.751. The molecule has 1 aromatic carbocycles. The highest BCUT2D eigenvalue weighted by atomic mass is 16.7. The van der Waals surface area contributed by atoms with Gasteiger partial charge in [-0.2, -0.15) is 0 Å². The van der Waals surface area contributed by atoms with Crippen molar-refractivity contribution in [3.8, 4) is 5.75 Å². The maximum Gasteiger partial charge on any atom is 0.495 e. The molecule has 1 saturated heterocycles. The molecule has 0 N–H and O–H groups in total. The van der Waals surface area contributed by atoms with Gasteiger partial charge in [-0.1, -0.05) is 11.6 Å². The Morgan fingerprint density at radius 2 is 1.61 bits per heavy atom. The first-order chi connectivity index (χ1) is 8.27. The van der Waals surface area contributed by atoms with Crippen molar-refractivity contribution in [1.29, 1.82) is 0 Å². The van der Waals surface area contributed by atoms with E-state index < -0.39 is 0 Å². The normalized spacial score (nSPS) is 21.1. The van der Waals surface area contributed by atoms with Crippen molar-refractivity contribution in [2.45, 2.75) is 45.8 Å². The monoisotopic (exact) mass is 248 g/mol. The molecule has 0 unspecified atom stereocenters. The molecule has 4 heteroatoms. The Bertz CT molecular complexity index is 438. The standard InChI is InChI=1S/C14H21BO3/c1-10-7-8-11(16-6)9-12(10)15-17-13(2,3)14(4,5)18-15/h7-9H,1-6H3. The molecule has 1 fully saturated rings. The van der Waals surface area contributed by atoms with Gasteiger partial charge in [-0.15, -0.1) is 0 Å². The zero-order valence-corrected chi connectivity index (χ0v) is 12.0. The molecule has 98 valence electrons. The lowest BCUT2D eigenvalue weighted by Crippen LogP contribution is -2.41.